The Morgan fingerprint density at radius 3 is 2.58 bits per heavy atom. The highest BCUT2D eigenvalue weighted by molar-refractivity contribution is 6.22. The van der Waals surface area contributed by atoms with Gasteiger partial charge in [-0.05, 0) is 43.0 Å². The van der Waals surface area contributed by atoms with Crippen molar-refractivity contribution < 1.29 is 23.7 Å². The molecular formula is C27H31NO5. The first-order valence-corrected chi connectivity index (χ1v) is 11.6. The summed E-state index contributed by atoms with van der Waals surface area (Å²) in [7, 11) is 3.20. The van der Waals surface area contributed by atoms with E-state index in [-0.39, 0.29) is 35.9 Å². The lowest BCUT2D eigenvalue weighted by atomic mass is 9.71. The second kappa shape index (κ2) is 9.20. The maximum Gasteiger partial charge on any atom is 0.173 e. The fourth-order valence-electron chi connectivity index (χ4n) is 5.48. The van der Waals surface area contributed by atoms with Crippen LogP contribution in [0.4, 0.5) is 0 Å². The highest BCUT2D eigenvalue weighted by Crippen LogP contribution is 2.43. The third-order valence-corrected chi connectivity index (χ3v) is 7.43. The van der Waals surface area contributed by atoms with E-state index in [1.807, 2.05) is 24.3 Å². The van der Waals surface area contributed by atoms with E-state index in [0.717, 1.165) is 24.9 Å². The topological polar surface area (TPSA) is 57.2 Å². The average molecular weight is 450 g/mol. The van der Waals surface area contributed by atoms with Crippen LogP contribution in [-0.2, 0) is 14.3 Å². The summed E-state index contributed by atoms with van der Waals surface area (Å²) in [6.07, 6.45) is 3.28. The Morgan fingerprint density at radius 1 is 1.03 bits per heavy atom. The molecule has 3 aliphatic rings. The highest BCUT2D eigenvalue weighted by atomic mass is 16.5. The molecule has 0 bridgehead atoms. The van der Waals surface area contributed by atoms with Gasteiger partial charge in [-0.25, -0.2) is 0 Å². The number of ketones is 1. The van der Waals surface area contributed by atoms with Crippen LogP contribution in [0.5, 0.6) is 11.5 Å². The fraction of sp³-hybridized carbons (Fsp3) is 0.444. The summed E-state index contributed by atoms with van der Waals surface area (Å²) in [6.45, 7) is 3.67. The number of carbonyl (C=O) groups is 1. The monoisotopic (exact) mass is 449 g/mol. The van der Waals surface area contributed by atoms with Crippen molar-refractivity contribution in [2.75, 3.05) is 27.5 Å². The Morgan fingerprint density at radius 2 is 1.82 bits per heavy atom. The van der Waals surface area contributed by atoms with Crippen LogP contribution in [0.25, 0.3) is 5.57 Å². The highest BCUT2D eigenvalue weighted by Gasteiger charge is 2.49. The van der Waals surface area contributed by atoms with E-state index in [9.17, 15) is 4.79 Å². The molecule has 0 N–H and O–H groups in total. The third-order valence-electron chi connectivity index (χ3n) is 7.43. The Balaban J connectivity index is 1.37. The van der Waals surface area contributed by atoms with Crippen molar-refractivity contribution in [3.8, 4) is 11.5 Å². The molecule has 1 saturated carbocycles. The van der Waals surface area contributed by atoms with Gasteiger partial charge in [-0.2, -0.15) is 0 Å². The molecule has 0 amide bonds. The molecule has 2 aliphatic heterocycles. The van der Waals surface area contributed by atoms with Gasteiger partial charge in [0.15, 0.2) is 17.3 Å². The number of hydrogen-bond acceptors (Lipinski definition) is 6. The second-order valence-electron chi connectivity index (χ2n) is 9.11. The number of carbonyl (C=O) groups excluding carboxylic acids is 1. The molecule has 6 nitrogen and oxygen atoms in total. The predicted octanol–water partition coefficient (Wildman–Crippen LogP) is 4.46. The zero-order valence-corrected chi connectivity index (χ0v) is 19.4. The first kappa shape index (κ1) is 22.0. The summed E-state index contributed by atoms with van der Waals surface area (Å²) >= 11 is 0. The van der Waals surface area contributed by atoms with Crippen LogP contribution in [0.3, 0.4) is 0 Å². The summed E-state index contributed by atoms with van der Waals surface area (Å²) < 4.78 is 23.3. The SMILES string of the molecule is COc1ccc(C2=COC3C(CCC4OCN(C(C)c5ccccc5)CC43)C2=O)cc1OC. The van der Waals surface area contributed by atoms with E-state index in [1.165, 1.54) is 5.56 Å². The standard InChI is InChI=1S/C27H31NO5/c1-17(18-7-5-4-6-8-18)28-14-21-23(33-16-28)12-10-20-26(29)22(15-32-27(20)21)19-9-11-24(30-2)25(13-19)31-3/h4-9,11,13,15,17,20-21,23,27H,10,12,14,16H2,1-3H3. The van der Waals surface area contributed by atoms with Gasteiger partial charge in [-0.1, -0.05) is 36.4 Å². The lowest BCUT2D eigenvalue weighted by Gasteiger charge is -2.49. The van der Waals surface area contributed by atoms with Crippen molar-refractivity contribution in [1.29, 1.82) is 0 Å². The van der Waals surface area contributed by atoms with Crippen LogP contribution in [-0.4, -0.2) is 50.4 Å². The van der Waals surface area contributed by atoms with Gasteiger partial charge in [0, 0.05) is 18.5 Å². The molecule has 6 heteroatoms. The van der Waals surface area contributed by atoms with E-state index < -0.39 is 0 Å². The van der Waals surface area contributed by atoms with Crippen molar-refractivity contribution in [3.63, 3.8) is 0 Å². The van der Waals surface area contributed by atoms with Crippen LogP contribution >= 0.6 is 0 Å². The first-order valence-electron chi connectivity index (χ1n) is 11.6. The Kier molecular flexibility index (Phi) is 6.13. The average Bonchev–Trinajstić information content (AvgIpc) is 2.88. The Hall–Kier alpha value is -2.83. The molecule has 1 aliphatic carbocycles. The summed E-state index contributed by atoms with van der Waals surface area (Å²) in [5.74, 6) is 1.38. The smallest absolute Gasteiger partial charge is 0.173 e. The minimum atomic E-state index is -0.161. The van der Waals surface area contributed by atoms with Gasteiger partial charge in [0.1, 0.15) is 6.10 Å². The van der Waals surface area contributed by atoms with E-state index in [4.69, 9.17) is 18.9 Å². The van der Waals surface area contributed by atoms with Crippen LogP contribution in [0.1, 0.15) is 36.9 Å². The van der Waals surface area contributed by atoms with E-state index in [2.05, 4.69) is 36.1 Å². The molecule has 2 fully saturated rings. The molecule has 2 aromatic carbocycles. The molecule has 5 rings (SSSR count). The molecule has 2 aromatic rings. The minimum absolute atomic E-state index is 0.134. The summed E-state index contributed by atoms with van der Waals surface area (Å²) in [6, 6.07) is 16.3. The van der Waals surface area contributed by atoms with E-state index >= 15 is 0 Å². The molecular weight excluding hydrogens is 418 g/mol. The maximum atomic E-state index is 13.6. The van der Waals surface area contributed by atoms with E-state index in [1.54, 1.807) is 20.5 Å². The largest absolute Gasteiger partial charge is 0.496 e. The van der Waals surface area contributed by atoms with Gasteiger partial charge in [0.2, 0.25) is 0 Å². The quantitative estimate of drug-likeness (QED) is 0.672. The van der Waals surface area contributed by atoms with Crippen molar-refractivity contribution in [1.82, 2.24) is 4.90 Å². The molecule has 0 aromatic heterocycles. The third kappa shape index (κ3) is 4.02. The number of nitrogens with zero attached hydrogens (tertiary/aromatic N) is 1. The second-order valence-corrected chi connectivity index (χ2v) is 9.11. The van der Waals surface area contributed by atoms with Crippen LogP contribution in [0.15, 0.2) is 54.8 Å². The van der Waals surface area contributed by atoms with E-state index in [0.29, 0.717) is 23.8 Å². The number of benzene rings is 2. The number of Topliss-reactive ketones (excluding diaryl/α,β-unsaturated/α-hetero) is 1. The minimum Gasteiger partial charge on any atom is -0.496 e. The van der Waals surface area contributed by atoms with Gasteiger partial charge >= 0.3 is 0 Å². The predicted molar refractivity (Wildman–Crippen MR) is 125 cm³/mol. The van der Waals surface area contributed by atoms with Gasteiger partial charge in [0.25, 0.3) is 0 Å². The number of fused-ring (bicyclic) bond motifs is 3. The molecule has 174 valence electrons. The fourth-order valence-corrected chi connectivity index (χ4v) is 5.48. The van der Waals surface area contributed by atoms with Gasteiger partial charge in [0.05, 0.1) is 44.8 Å². The molecule has 0 spiro atoms. The van der Waals surface area contributed by atoms with Crippen LogP contribution < -0.4 is 9.47 Å². The Labute approximate surface area is 195 Å². The number of allylic oxidation sites excluding steroid dienone is 1. The lowest BCUT2D eigenvalue weighted by molar-refractivity contribution is -0.176. The molecule has 1 saturated heterocycles. The Bertz CT molecular complexity index is 1040. The van der Waals surface area contributed by atoms with Crippen LogP contribution in [0.2, 0.25) is 0 Å². The number of ether oxygens (including phenoxy) is 4. The molecule has 5 unspecified atom stereocenters. The van der Waals surface area contributed by atoms with Crippen LogP contribution in [0, 0.1) is 11.8 Å². The van der Waals surface area contributed by atoms with Crippen molar-refractivity contribution in [2.45, 2.75) is 38.0 Å². The van der Waals surface area contributed by atoms with Gasteiger partial charge in [-0.15, -0.1) is 0 Å². The zero-order valence-electron chi connectivity index (χ0n) is 19.4. The van der Waals surface area contributed by atoms with Crippen molar-refractivity contribution in [3.05, 3.63) is 65.9 Å². The van der Waals surface area contributed by atoms with Crippen molar-refractivity contribution >= 4 is 11.4 Å². The molecule has 0 radical (unpaired) electrons. The number of rotatable bonds is 5. The normalized spacial score (nSPS) is 28.1. The van der Waals surface area contributed by atoms with Gasteiger partial charge in [-0.3, -0.25) is 9.69 Å². The maximum absolute atomic E-state index is 13.6. The lowest BCUT2D eigenvalue weighted by Crippen LogP contribution is -2.56. The number of methoxy groups -OCH3 is 2. The van der Waals surface area contributed by atoms with Crippen molar-refractivity contribution in [2.24, 2.45) is 11.8 Å². The molecule has 2 heterocycles. The first-order chi connectivity index (χ1) is 16.1. The molecule has 5 atom stereocenters. The summed E-state index contributed by atoms with van der Waals surface area (Å²) in [5, 5.41) is 0. The molecule has 33 heavy (non-hydrogen) atoms. The van der Waals surface area contributed by atoms with Gasteiger partial charge < -0.3 is 18.9 Å². The zero-order chi connectivity index (χ0) is 22.9. The number of hydrogen-bond donors (Lipinski definition) is 0. The summed E-state index contributed by atoms with van der Waals surface area (Å²) in [4.78, 5) is 15.9. The summed E-state index contributed by atoms with van der Waals surface area (Å²) in [5.41, 5.74) is 2.66.